The topological polar surface area (TPSA) is 214 Å². The first-order valence-corrected chi connectivity index (χ1v) is 18.4. The first-order chi connectivity index (χ1) is 24.1. The van der Waals surface area contributed by atoms with Gasteiger partial charge in [-0.15, -0.1) is 0 Å². The minimum absolute atomic E-state index is 0.0511. The van der Waals surface area contributed by atoms with Gasteiger partial charge in [-0.05, 0) is 38.5 Å². The molecule has 2 aliphatic heterocycles. The molecule has 0 aromatic heterocycles. The minimum Gasteiger partial charge on any atom is -0.457 e. The third kappa shape index (κ3) is 16.4. The Kier molecular flexibility index (Phi) is 23.4. The molecular weight excluding hydrogens is 656 g/mol. The first kappa shape index (κ1) is 44.6. The van der Waals surface area contributed by atoms with Crippen molar-refractivity contribution in [1.29, 1.82) is 0 Å². The molecule has 0 aromatic rings. The zero-order chi connectivity index (χ0) is 36.7. The van der Waals surface area contributed by atoms with Crippen molar-refractivity contribution in [1.82, 2.24) is 0 Å². The highest BCUT2D eigenvalue weighted by Crippen LogP contribution is 2.26. The summed E-state index contributed by atoms with van der Waals surface area (Å²) in [5, 5.41) is 71.1. The van der Waals surface area contributed by atoms with Crippen LogP contribution < -0.4 is 0 Å². The zero-order valence-corrected chi connectivity index (χ0v) is 29.9. The summed E-state index contributed by atoms with van der Waals surface area (Å²) >= 11 is 0. The summed E-state index contributed by atoms with van der Waals surface area (Å²) in [7, 11) is 0. The number of aliphatic hydroxyl groups excluding tert-OH is 7. The van der Waals surface area contributed by atoms with Crippen molar-refractivity contribution in [3.63, 3.8) is 0 Å². The molecule has 2 heterocycles. The van der Waals surface area contributed by atoms with Crippen molar-refractivity contribution in [2.75, 3.05) is 33.0 Å². The standard InChI is InChI=1S/C36H64O14/c1-3-5-7-8-9-10-11-12-13-14-15-16-17-18-20-45-22-25(48-28(38)19-6-4-2)23-46-35-34(44)32(42)30(40)27(50-35)24-47-36-33(43)31(41)29(39)26(21-37)49-36/h7-8,10-11,25-27,29-37,39-44H,3-6,9,12-24H2,1-2H3/b8-7-,11-10-. The molecule has 11 unspecified atom stereocenters. The van der Waals surface area contributed by atoms with E-state index in [1.54, 1.807) is 0 Å². The normalized spacial score (nSPS) is 31.1. The van der Waals surface area contributed by atoms with Gasteiger partial charge >= 0.3 is 5.97 Å². The van der Waals surface area contributed by atoms with E-state index in [0.29, 0.717) is 13.0 Å². The largest absolute Gasteiger partial charge is 0.457 e. The first-order valence-electron chi connectivity index (χ1n) is 18.4. The van der Waals surface area contributed by atoms with Crippen LogP contribution in [0.15, 0.2) is 24.3 Å². The van der Waals surface area contributed by atoms with Gasteiger partial charge in [-0.25, -0.2) is 0 Å². The van der Waals surface area contributed by atoms with E-state index in [0.717, 1.165) is 51.4 Å². The highest BCUT2D eigenvalue weighted by atomic mass is 16.7. The lowest BCUT2D eigenvalue weighted by atomic mass is 9.98. The van der Waals surface area contributed by atoms with Crippen molar-refractivity contribution in [2.24, 2.45) is 0 Å². The van der Waals surface area contributed by atoms with E-state index in [1.807, 2.05) is 6.92 Å². The van der Waals surface area contributed by atoms with Crippen LogP contribution in [0.2, 0.25) is 0 Å². The Morgan fingerprint density at radius 2 is 1.26 bits per heavy atom. The number of rotatable bonds is 26. The Labute approximate surface area is 297 Å². The maximum absolute atomic E-state index is 12.4. The Morgan fingerprint density at radius 1 is 0.660 bits per heavy atom. The molecule has 0 amide bonds. The predicted octanol–water partition coefficient (Wildman–Crippen LogP) is 1.78. The monoisotopic (exact) mass is 720 g/mol. The number of allylic oxidation sites excluding steroid dienone is 4. The molecule has 2 rings (SSSR count). The molecule has 14 nitrogen and oxygen atoms in total. The molecule has 2 fully saturated rings. The molecule has 50 heavy (non-hydrogen) atoms. The Morgan fingerprint density at radius 3 is 1.92 bits per heavy atom. The summed E-state index contributed by atoms with van der Waals surface area (Å²) in [6, 6.07) is 0. The molecule has 0 bridgehead atoms. The SMILES string of the molecule is CCC/C=C\C/C=C\CCCCCCCCOCC(COC1OC(COC2OC(CO)C(O)C(O)C2O)C(O)C(O)C1O)OC(=O)CCCC. The van der Waals surface area contributed by atoms with Crippen LogP contribution in [-0.2, 0) is 33.2 Å². The molecular formula is C36H64O14. The number of carbonyl (C=O) groups is 1. The molecule has 2 saturated heterocycles. The Balaban J connectivity index is 1.77. The van der Waals surface area contributed by atoms with Gasteiger partial charge in [0.25, 0.3) is 0 Å². The van der Waals surface area contributed by atoms with Gasteiger partial charge in [0.05, 0.1) is 26.4 Å². The second kappa shape index (κ2) is 26.3. The molecule has 7 N–H and O–H groups in total. The summed E-state index contributed by atoms with van der Waals surface area (Å²) in [4.78, 5) is 12.4. The van der Waals surface area contributed by atoms with Crippen molar-refractivity contribution < 1.29 is 69.0 Å². The molecule has 0 radical (unpaired) electrons. The van der Waals surface area contributed by atoms with Crippen LogP contribution in [0.4, 0.5) is 0 Å². The number of hydrogen-bond donors (Lipinski definition) is 7. The fourth-order valence-corrected chi connectivity index (χ4v) is 5.53. The lowest BCUT2D eigenvalue weighted by Gasteiger charge is -2.42. The average molecular weight is 721 g/mol. The van der Waals surface area contributed by atoms with Crippen LogP contribution in [0.5, 0.6) is 0 Å². The second-order valence-corrected chi connectivity index (χ2v) is 13.0. The molecule has 0 saturated carbocycles. The second-order valence-electron chi connectivity index (χ2n) is 13.0. The van der Waals surface area contributed by atoms with Crippen LogP contribution in [-0.4, -0.2) is 142 Å². The highest BCUT2D eigenvalue weighted by molar-refractivity contribution is 5.69. The summed E-state index contributed by atoms with van der Waals surface area (Å²) < 4.78 is 33.5. The van der Waals surface area contributed by atoms with Crippen LogP contribution >= 0.6 is 0 Å². The van der Waals surface area contributed by atoms with E-state index in [2.05, 4.69) is 31.2 Å². The van der Waals surface area contributed by atoms with E-state index in [9.17, 15) is 40.5 Å². The van der Waals surface area contributed by atoms with E-state index >= 15 is 0 Å². The van der Waals surface area contributed by atoms with Gasteiger partial charge in [-0.3, -0.25) is 4.79 Å². The van der Waals surface area contributed by atoms with E-state index < -0.39 is 86.7 Å². The van der Waals surface area contributed by atoms with Gasteiger partial charge in [0, 0.05) is 13.0 Å². The molecule has 0 aromatic carbocycles. The van der Waals surface area contributed by atoms with Crippen molar-refractivity contribution >= 4 is 5.97 Å². The fourth-order valence-electron chi connectivity index (χ4n) is 5.53. The molecule has 0 spiro atoms. The predicted molar refractivity (Wildman–Crippen MR) is 183 cm³/mol. The zero-order valence-electron chi connectivity index (χ0n) is 29.9. The highest BCUT2D eigenvalue weighted by Gasteiger charge is 2.47. The van der Waals surface area contributed by atoms with Gasteiger partial charge < -0.3 is 64.2 Å². The Bertz CT molecular complexity index is 932. The van der Waals surface area contributed by atoms with Crippen molar-refractivity contribution in [3.8, 4) is 0 Å². The molecule has 0 aliphatic carbocycles. The lowest BCUT2D eigenvalue weighted by molar-refractivity contribution is -0.332. The van der Waals surface area contributed by atoms with Gasteiger partial charge in [-0.2, -0.15) is 0 Å². The van der Waals surface area contributed by atoms with Crippen LogP contribution in [0.1, 0.15) is 97.3 Å². The number of ether oxygens (including phenoxy) is 6. The van der Waals surface area contributed by atoms with E-state index in [-0.39, 0.29) is 19.6 Å². The van der Waals surface area contributed by atoms with Gasteiger partial charge in [0.15, 0.2) is 12.6 Å². The Hall–Kier alpha value is -1.53. The maximum Gasteiger partial charge on any atom is 0.306 e. The smallest absolute Gasteiger partial charge is 0.306 e. The van der Waals surface area contributed by atoms with Crippen LogP contribution in [0, 0.1) is 0 Å². The van der Waals surface area contributed by atoms with Crippen molar-refractivity contribution in [3.05, 3.63) is 24.3 Å². The maximum atomic E-state index is 12.4. The van der Waals surface area contributed by atoms with Gasteiger partial charge in [-0.1, -0.05) is 76.7 Å². The number of unbranched alkanes of at least 4 members (excludes halogenated alkanes) is 8. The summed E-state index contributed by atoms with van der Waals surface area (Å²) in [6.07, 6.45) is 5.39. The van der Waals surface area contributed by atoms with E-state index in [1.165, 1.54) is 19.3 Å². The molecule has 14 heteroatoms. The quantitative estimate of drug-likeness (QED) is 0.0386. The fraction of sp³-hybridized carbons (Fsp3) is 0.861. The van der Waals surface area contributed by atoms with Gasteiger partial charge in [0.1, 0.15) is 54.9 Å². The summed E-state index contributed by atoms with van der Waals surface area (Å²) in [5.74, 6) is -0.418. The third-order valence-corrected chi connectivity index (χ3v) is 8.69. The molecule has 11 atom stereocenters. The third-order valence-electron chi connectivity index (χ3n) is 8.69. The van der Waals surface area contributed by atoms with Crippen LogP contribution in [0.25, 0.3) is 0 Å². The number of carbonyl (C=O) groups excluding carboxylic acids is 1. The molecule has 292 valence electrons. The summed E-state index contributed by atoms with van der Waals surface area (Å²) in [5.41, 5.74) is 0. The van der Waals surface area contributed by atoms with Gasteiger partial charge in [0.2, 0.25) is 0 Å². The van der Waals surface area contributed by atoms with E-state index in [4.69, 9.17) is 28.4 Å². The van der Waals surface area contributed by atoms with Crippen molar-refractivity contribution in [2.45, 2.75) is 165 Å². The average Bonchev–Trinajstić information content (AvgIpc) is 3.11. The number of aliphatic hydroxyl groups is 7. The van der Waals surface area contributed by atoms with Crippen LogP contribution in [0.3, 0.4) is 0 Å². The minimum atomic E-state index is -1.70. The molecule has 2 aliphatic rings. The number of hydrogen-bond acceptors (Lipinski definition) is 14. The number of esters is 1. The summed E-state index contributed by atoms with van der Waals surface area (Å²) in [6.45, 7) is 3.29. The lowest BCUT2D eigenvalue weighted by Crippen LogP contribution is -2.61.